The minimum absolute atomic E-state index is 0.565. The number of aromatic nitrogens is 2. The molecule has 0 atom stereocenters. The Hall–Kier alpha value is -3.21. The van der Waals surface area contributed by atoms with E-state index in [9.17, 15) is 0 Å². The largest absolute Gasteiger partial charge is 0.493 e. The van der Waals surface area contributed by atoms with Gasteiger partial charge in [0.2, 0.25) is 5.75 Å². The standard InChI is InChI=1S/C22H22N2O3/c1-5-24-17-9-7-6-8-14(17)15-12-13-23-19(20(15)24)16-10-11-18(25-2)22(27-4)21(16)26-3/h6-13H,5H2,1-4H3. The van der Waals surface area contributed by atoms with E-state index in [-0.39, 0.29) is 0 Å². The van der Waals surface area contributed by atoms with Crippen LogP contribution in [0.15, 0.2) is 48.7 Å². The first-order valence-electron chi connectivity index (χ1n) is 8.90. The Labute approximate surface area is 158 Å². The second kappa shape index (κ2) is 6.83. The molecular weight excluding hydrogens is 340 g/mol. The fraction of sp³-hybridized carbons (Fsp3) is 0.227. The number of hydrogen-bond donors (Lipinski definition) is 0. The molecule has 27 heavy (non-hydrogen) atoms. The average Bonchev–Trinajstić information content (AvgIpc) is 3.06. The first kappa shape index (κ1) is 17.2. The van der Waals surface area contributed by atoms with Crippen LogP contribution in [0.4, 0.5) is 0 Å². The summed E-state index contributed by atoms with van der Waals surface area (Å²) < 4.78 is 19.0. The number of nitrogens with zero attached hydrogens (tertiary/aromatic N) is 2. The predicted octanol–water partition coefficient (Wildman–Crippen LogP) is 4.90. The van der Waals surface area contributed by atoms with Crippen molar-refractivity contribution < 1.29 is 14.2 Å². The highest BCUT2D eigenvalue weighted by molar-refractivity contribution is 6.12. The van der Waals surface area contributed by atoms with Crippen molar-refractivity contribution >= 4 is 21.8 Å². The normalized spacial score (nSPS) is 11.1. The molecule has 0 unspecified atom stereocenters. The minimum atomic E-state index is 0.565. The van der Waals surface area contributed by atoms with Gasteiger partial charge in [0.05, 0.1) is 32.5 Å². The van der Waals surface area contributed by atoms with Gasteiger partial charge in [-0.3, -0.25) is 4.98 Å². The van der Waals surface area contributed by atoms with Crippen molar-refractivity contribution in [2.75, 3.05) is 21.3 Å². The average molecular weight is 362 g/mol. The lowest BCUT2D eigenvalue weighted by Gasteiger charge is -2.16. The van der Waals surface area contributed by atoms with Crippen molar-refractivity contribution in [1.82, 2.24) is 9.55 Å². The first-order chi connectivity index (χ1) is 13.2. The van der Waals surface area contributed by atoms with Gasteiger partial charge in [0.1, 0.15) is 0 Å². The topological polar surface area (TPSA) is 45.5 Å². The summed E-state index contributed by atoms with van der Waals surface area (Å²) in [5.74, 6) is 1.81. The molecule has 0 saturated heterocycles. The molecular formula is C22H22N2O3. The molecule has 0 saturated carbocycles. The molecule has 0 N–H and O–H groups in total. The van der Waals surface area contributed by atoms with Gasteiger partial charge in [-0.25, -0.2) is 0 Å². The second-order valence-electron chi connectivity index (χ2n) is 6.20. The number of methoxy groups -OCH3 is 3. The highest BCUT2D eigenvalue weighted by atomic mass is 16.5. The van der Waals surface area contributed by atoms with E-state index in [1.165, 1.54) is 16.3 Å². The number of rotatable bonds is 5. The van der Waals surface area contributed by atoms with Crippen LogP contribution in [0.3, 0.4) is 0 Å². The van der Waals surface area contributed by atoms with Crippen LogP contribution in [0.1, 0.15) is 6.92 Å². The van der Waals surface area contributed by atoms with Gasteiger partial charge < -0.3 is 18.8 Å². The van der Waals surface area contributed by atoms with Crippen molar-refractivity contribution in [1.29, 1.82) is 0 Å². The maximum atomic E-state index is 5.71. The van der Waals surface area contributed by atoms with Gasteiger partial charge in [0.25, 0.3) is 0 Å². The van der Waals surface area contributed by atoms with Crippen molar-refractivity contribution in [2.24, 2.45) is 0 Å². The molecule has 0 radical (unpaired) electrons. The number of pyridine rings is 1. The molecule has 0 spiro atoms. The van der Waals surface area contributed by atoms with Gasteiger partial charge >= 0.3 is 0 Å². The molecule has 0 bridgehead atoms. The molecule has 5 heteroatoms. The Morgan fingerprint density at radius 3 is 2.33 bits per heavy atom. The zero-order valence-corrected chi connectivity index (χ0v) is 15.9. The third kappa shape index (κ3) is 2.50. The Morgan fingerprint density at radius 2 is 1.63 bits per heavy atom. The maximum Gasteiger partial charge on any atom is 0.203 e. The van der Waals surface area contributed by atoms with Crippen LogP contribution >= 0.6 is 0 Å². The van der Waals surface area contributed by atoms with Gasteiger partial charge in [-0.05, 0) is 31.2 Å². The summed E-state index contributed by atoms with van der Waals surface area (Å²) in [6.45, 7) is 2.99. The summed E-state index contributed by atoms with van der Waals surface area (Å²) in [4.78, 5) is 4.72. The number of fused-ring (bicyclic) bond motifs is 3. The minimum Gasteiger partial charge on any atom is -0.493 e. The van der Waals surface area contributed by atoms with Crippen LogP contribution in [0.25, 0.3) is 33.1 Å². The Bertz CT molecular complexity index is 1130. The van der Waals surface area contributed by atoms with Crippen molar-refractivity contribution in [2.45, 2.75) is 13.5 Å². The summed E-state index contributed by atoms with van der Waals surface area (Å²) in [6, 6.07) is 14.4. The highest BCUT2D eigenvalue weighted by Crippen LogP contribution is 2.46. The highest BCUT2D eigenvalue weighted by Gasteiger charge is 2.22. The van der Waals surface area contributed by atoms with Crippen LogP contribution in [-0.2, 0) is 6.54 Å². The summed E-state index contributed by atoms with van der Waals surface area (Å²) in [5, 5.41) is 2.40. The molecule has 0 fully saturated rings. The molecule has 138 valence electrons. The number of hydrogen-bond acceptors (Lipinski definition) is 4. The Kier molecular flexibility index (Phi) is 4.36. The lowest BCUT2D eigenvalue weighted by atomic mass is 10.1. The summed E-state index contributed by atoms with van der Waals surface area (Å²) >= 11 is 0. The lowest BCUT2D eigenvalue weighted by Crippen LogP contribution is -2.00. The molecule has 0 amide bonds. The molecule has 0 aliphatic heterocycles. The number of aryl methyl sites for hydroxylation is 1. The van der Waals surface area contributed by atoms with Crippen molar-refractivity contribution in [3.05, 3.63) is 48.7 Å². The van der Waals surface area contributed by atoms with E-state index in [2.05, 4.69) is 41.8 Å². The van der Waals surface area contributed by atoms with Crippen LogP contribution in [0, 0.1) is 0 Å². The van der Waals surface area contributed by atoms with E-state index in [0.29, 0.717) is 17.2 Å². The van der Waals surface area contributed by atoms with Gasteiger partial charge in [-0.15, -0.1) is 0 Å². The lowest BCUT2D eigenvalue weighted by molar-refractivity contribution is 0.325. The Morgan fingerprint density at radius 1 is 0.852 bits per heavy atom. The molecule has 5 nitrogen and oxygen atoms in total. The van der Waals surface area contributed by atoms with E-state index in [0.717, 1.165) is 23.3 Å². The number of para-hydroxylation sites is 1. The summed E-state index contributed by atoms with van der Waals surface area (Å²) in [7, 11) is 4.86. The second-order valence-corrected chi connectivity index (χ2v) is 6.20. The van der Waals surface area contributed by atoms with Gasteiger partial charge in [0, 0.05) is 34.6 Å². The van der Waals surface area contributed by atoms with E-state index in [1.807, 2.05) is 18.3 Å². The van der Waals surface area contributed by atoms with Crippen LogP contribution < -0.4 is 14.2 Å². The number of benzene rings is 2. The summed E-state index contributed by atoms with van der Waals surface area (Å²) in [5.41, 5.74) is 4.03. The van der Waals surface area contributed by atoms with E-state index in [1.54, 1.807) is 21.3 Å². The van der Waals surface area contributed by atoms with Crippen LogP contribution in [0.2, 0.25) is 0 Å². The van der Waals surface area contributed by atoms with Gasteiger partial charge in [0.15, 0.2) is 11.5 Å². The first-order valence-corrected chi connectivity index (χ1v) is 8.90. The fourth-order valence-corrected chi connectivity index (χ4v) is 3.82. The quantitative estimate of drug-likeness (QED) is 0.506. The molecule has 4 aromatic rings. The van der Waals surface area contributed by atoms with Gasteiger partial charge in [-0.1, -0.05) is 18.2 Å². The fourth-order valence-electron chi connectivity index (χ4n) is 3.82. The third-order valence-electron chi connectivity index (χ3n) is 4.95. The Balaban J connectivity index is 2.12. The predicted molar refractivity (Wildman–Crippen MR) is 108 cm³/mol. The molecule has 0 aliphatic carbocycles. The zero-order valence-electron chi connectivity index (χ0n) is 15.9. The molecule has 0 aliphatic rings. The van der Waals surface area contributed by atoms with Crippen molar-refractivity contribution in [3.63, 3.8) is 0 Å². The van der Waals surface area contributed by atoms with E-state index >= 15 is 0 Å². The molecule has 2 aromatic carbocycles. The van der Waals surface area contributed by atoms with Gasteiger partial charge in [-0.2, -0.15) is 0 Å². The van der Waals surface area contributed by atoms with Crippen molar-refractivity contribution in [3.8, 4) is 28.5 Å². The number of ether oxygens (including phenoxy) is 3. The smallest absolute Gasteiger partial charge is 0.203 e. The maximum absolute atomic E-state index is 5.71. The van der Waals surface area contributed by atoms with E-state index in [4.69, 9.17) is 19.2 Å². The molecule has 4 rings (SSSR count). The van der Waals surface area contributed by atoms with Crippen LogP contribution in [0.5, 0.6) is 17.2 Å². The third-order valence-corrected chi connectivity index (χ3v) is 4.95. The van der Waals surface area contributed by atoms with E-state index < -0.39 is 0 Å². The summed E-state index contributed by atoms with van der Waals surface area (Å²) in [6.07, 6.45) is 1.85. The SMILES string of the molecule is CCn1c2ccccc2c2ccnc(-c3ccc(OC)c(OC)c3OC)c21. The monoisotopic (exact) mass is 362 g/mol. The van der Waals surface area contributed by atoms with Crippen LogP contribution in [-0.4, -0.2) is 30.9 Å². The zero-order chi connectivity index (χ0) is 19.0. The molecule has 2 heterocycles. The molecule has 2 aromatic heterocycles.